The Labute approximate surface area is 182 Å². The van der Waals surface area contributed by atoms with Crippen LogP contribution in [0, 0.1) is 17.1 Å². The quantitative estimate of drug-likeness (QED) is 0.741. The molecular weight excluding hydrogens is 423 g/mol. The van der Waals surface area contributed by atoms with Gasteiger partial charge in [-0.25, -0.2) is 13.2 Å². The summed E-state index contributed by atoms with van der Waals surface area (Å²) in [5.41, 5.74) is 2.50. The number of hydrogen-bond acceptors (Lipinski definition) is 5. The van der Waals surface area contributed by atoms with Gasteiger partial charge in [0, 0.05) is 12.6 Å². The highest BCUT2D eigenvalue weighted by molar-refractivity contribution is 6.01. The summed E-state index contributed by atoms with van der Waals surface area (Å²) < 4.78 is 40.6. The van der Waals surface area contributed by atoms with Crippen LogP contribution < -0.4 is 10.6 Å². The molecule has 2 atom stereocenters. The number of nitriles is 1. The highest BCUT2D eigenvalue weighted by Gasteiger charge is 2.47. The number of anilines is 1. The Bertz CT molecular complexity index is 1100. The maximum Gasteiger partial charge on any atom is 0.268 e. The van der Waals surface area contributed by atoms with Crippen molar-refractivity contribution in [3.05, 3.63) is 59.2 Å². The third-order valence-corrected chi connectivity index (χ3v) is 5.72. The van der Waals surface area contributed by atoms with Crippen LogP contribution in [0.25, 0.3) is 0 Å². The molecule has 10 heteroatoms. The predicted molar refractivity (Wildman–Crippen MR) is 108 cm³/mol. The van der Waals surface area contributed by atoms with E-state index in [1.165, 1.54) is 30.6 Å². The number of fused-ring (bicyclic) bond motifs is 1. The van der Waals surface area contributed by atoms with E-state index in [0.717, 1.165) is 16.0 Å². The normalized spacial score (nSPS) is 21.0. The van der Waals surface area contributed by atoms with Crippen molar-refractivity contribution in [1.82, 2.24) is 15.2 Å². The second kappa shape index (κ2) is 8.49. The molecule has 166 valence electrons. The van der Waals surface area contributed by atoms with Crippen molar-refractivity contribution in [2.75, 3.05) is 18.4 Å². The highest BCUT2D eigenvalue weighted by atomic mass is 19.3. The van der Waals surface area contributed by atoms with Crippen molar-refractivity contribution in [3.63, 3.8) is 0 Å². The molecule has 0 radical (unpaired) electrons. The number of alkyl halides is 2. The SMILES string of the molecule is N#CC1CC(F)(F)CN1C(=O)CNC(=O)c1ccncc1NC1CCc2cc(F)ccc21. The lowest BCUT2D eigenvalue weighted by molar-refractivity contribution is -0.131. The molecule has 1 aromatic carbocycles. The zero-order valence-electron chi connectivity index (χ0n) is 16.9. The van der Waals surface area contributed by atoms with Gasteiger partial charge >= 0.3 is 0 Å². The van der Waals surface area contributed by atoms with E-state index in [2.05, 4.69) is 15.6 Å². The molecule has 1 aliphatic heterocycles. The summed E-state index contributed by atoms with van der Waals surface area (Å²) in [6, 6.07) is 6.42. The summed E-state index contributed by atoms with van der Waals surface area (Å²) in [5, 5.41) is 14.7. The van der Waals surface area contributed by atoms with Crippen LogP contribution in [0.15, 0.2) is 36.7 Å². The molecule has 0 saturated carbocycles. The van der Waals surface area contributed by atoms with Crippen molar-refractivity contribution in [2.45, 2.75) is 37.3 Å². The van der Waals surface area contributed by atoms with Crippen LogP contribution in [0.4, 0.5) is 18.9 Å². The van der Waals surface area contributed by atoms with E-state index in [-0.39, 0.29) is 17.4 Å². The van der Waals surface area contributed by atoms with E-state index >= 15 is 0 Å². The number of aryl methyl sites for hydroxylation is 1. The number of carbonyl (C=O) groups is 2. The Morgan fingerprint density at radius 3 is 2.91 bits per heavy atom. The molecule has 1 aliphatic carbocycles. The van der Waals surface area contributed by atoms with Gasteiger partial charge in [-0.15, -0.1) is 0 Å². The number of benzene rings is 1. The zero-order valence-corrected chi connectivity index (χ0v) is 16.9. The van der Waals surface area contributed by atoms with Crippen LogP contribution in [0.3, 0.4) is 0 Å². The van der Waals surface area contributed by atoms with Gasteiger partial charge in [-0.1, -0.05) is 6.07 Å². The van der Waals surface area contributed by atoms with Crippen molar-refractivity contribution in [1.29, 1.82) is 5.26 Å². The number of nitrogens with zero attached hydrogens (tertiary/aromatic N) is 3. The number of amides is 2. The van der Waals surface area contributed by atoms with Crippen LogP contribution in [0.2, 0.25) is 0 Å². The van der Waals surface area contributed by atoms with Gasteiger partial charge in [-0.3, -0.25) is 14.6 Å². The van der Waals surface area contributed by atoms with Gasteiger partial charge in [0.2, 0.25) is 5.91 Å². The van der Waals surface area contributed by atoms with E-state index in [9.17, 15) is 22.8 Å². The second-order valence-electron chi connectivity index (χ2n) is 7.91. The molecular formula is C22H20F3N5O2. The van der Waals surface area contributed by atoms with Crippen molar-refractivity contribution < 1.29 is 22.8 Å². The van der Waals surface area contributed by atoms with Gasteiger partial charge in [0.05, 0.1) is 42.6 Å². The van der Waals surface area contributed by atoms with E-state index in [0.29, 0.717) is 18.5 Å². The fourth-order valence-electron chi connectivity index (χ4n) is 4.18. The maximum absolute atomic E-state index is 13.6. The molecule has 0 bridgehead atoms. The van der Waals surface area contributed by atoms with Gasteiger partial charge in [0.25, 0.3) is 11.8 Å². The van der Waals surface area contributed by atoms with Crippen LogP contribution in [0.5, 0.6) is 0 Å². The summed E-state index contributed by atoms with van der Waals surface area (Å²) in [6.45, 7) is -1.36. The lowest BCUT2D eigenvalue weighted by Gasteiger charge is -2.20. The molecule has 0 spiro atoms. The Morgan fingerprint density at radius 1 is 1.31 bits per heavy atom. The molecule has 2 amide bonds. The minimum absolute atomic E-state index is 0.133. The third-order valence-electron chi connectivity index (χ3n) is 5.72. The Kier molecular flexibility index (Phi) is 5.74. The summed E-state index contributed by atoms with van der Waals surface area (Å²) in [6.07, 6.45) is 3.60. The van der Waals surface area contributed by atoms with Gasteiger partial charge in [0.15, 0.2) is 0 Å². The summed E-state index contributed by atoms with van der Waals surface area (Å²) in [4.78, 5) is 29.9. The number of rotatable bonds is 5. The second-order valence-corrected chi connectivity index (χ2v) is 7.91. The average Bonchev–Trinajstić information content (AvgIpc) is 3.31. The molecule has 7 nitrogen and oxygen atoms in total. The number of pyridine rings is 1. The van der Waals surface area contributed by atoms with Crippen molar-refractivity contribution in [2.24, 2.45) is 0 Å². The molecule has 4 rings (SSSR count). The molecule has 1 saturated heterocycles. The number of carbonyl (C=O) groups excluding carboxylic acids is 2. The smallest absolute Gasteiger partial charge is 0.268 e. The lowest BCUT2D eigenvalue weighted by Crippen LogP contribution is -2.43. The van der Waals surface area contributed by atoms with E-state index in [1.807, 2.05) is 0 Å². The van der Waals surface area contributed by atoms with Crippen molar-refractivity contribution >= 4 is 17.5 Å². The summed E-state index contributed by atoms with van der Waals surface area (Å²) >= 11 is 0. The first-order chi connectivity index (χ1) is 15.3. The molecule has 2 heterocycles. The van der Waals surface area contributed by atoms with Crippen molar-refractivity contribution in [3.8, 4) is 6.07 Å². The van der Waals surface area contributed by atoms with Gasteiger partial charge in [-0.05, 0) is 42.2 Å². The lowest BCUT2D eigenvalue weighted by atomic mass is 10.1. The number of halogens is 3. The molecule has 2 N–H and O–H groups in total. The van der Waals surface area contributed by atoms with E-state index in [4.69, 9.17) is 5.26 Å². The number of nitrogens with one attached hydrogen (secondary N) is 2. The van der Waals surface area contributed by atoms with Crippen LogP contribution in [-0.4, -0.2) is 46.8 Å². The number of likely N-dealkylation sites (tertiary alicyclic amines) is 1. The van der Waals surface area contributed by atoms with Crippen LogP contribution in [-0.2, 0) is 11.2 Å². The van der Waals surface area contributed by atoms with E-state index < -0.39 is 43.3 Å². The molecule has 32 heavy (non-hydrogen) atoms. The Balaban J connectivity index is 1.43. The zero-order chi connectivity index (χ0) is 22.9. The molecule has 2 aromatic rings. The molecule has 1 fully saturated rings. The first-order valence-corrected chi connectivity index (χ1v) is 10.1. The molecule has 2 aliphatic rings. The summed E-state index contributed by atoms with van der Waals surface area (Å²) in [7, 11) is 0. The van der Waals surface area contributed by atoms with Gasteiger partial charge in [-0.2, -0.15) is 5.26 Å². The fraction of sp³-hybridized carbons (Fsp3) is 0.364. The molecule has 1 aromatic heterocycles. The minimum atomic E-state index is -3.12. The first kappa shape index (κ1) is 21.6. The minimum Gasteiger partial charge on any atom is -0.376 e. The highest BCUT2D eigenvalue weighted by Crippen LogP contribution is 2.35. The molecule has 2 unspecified atom stereocenters. The fourth-order valence-corrected chi connectivity index (χ4v) is 4.18. The predicted octanol–water partition coefficient (Wildman–Crippen LogP) is 2.81. The Hall–Kier alpha value is -3.61. The Morgan fingerprint density at radius 2 is 2.12 bits per heavy atom. The van der Waals surface area contributed by atoms with Crippen LogP contribution >= 0.6 is 0 Å². The number of hydrogen-bond donors (Lipinski definition) is 2. The monoisotopic (exact) mass is 443 g/mol. The van der Waals surface area contributed by atoms with E-state index in [1.54, 1.807) is 12.1 Å². The third kappa shape index (κ3) is 4.37. The van der Waals surface area contributed by atoms with Crippen LogP contribution in [0.1, 0.15) is 40.4 Å². The standard InChI is InChI=1S/C22H20F3N5O2/c23-14-2-3-16-13(7-14)1-4-18(16)29-19-10-27-6-5-17(19)21(32)28-11-20(31)30-12-22(24,25)8-15(30)9-26/h2-3,5-7,10,15,18,29H,1,4,8,11-12H2,(H,28,32). The largest absolute Gasteiger partial charge is 0.376 e. The maximum atomic E-state index is 13.6. The van der Waals surface area contributed by atoms with Gasteiger partial charge < -0.3 is 15.5 Å². The van der Waals surface area contributed by atoms with Gasteiger partial charge in [0.1, 0.15) is 11.9 Å². The topological polar surface area (TPSA) is 98.1 Å². The summed E-state index contributed by atoms with van der Waals surface area (Å²) in [5.74, 6) is -4.76. The number of aromatic nitrogens is 1. The average molecular weight is 443 g/mol. The first-order valence-electron chi connectivity index (χ1n) is 10.1.